The van der Waals surface area contributed by atoms with Crippen molar-refractivity contribution < 1.29 is 8.78 Å². The standard InChI is InChI=1S/C19H15F2N3/c20-15-8-17-18(9-16(15)21)24(19(23-17)12-6-3-7-12)11-14-5-2-1-4-13(14)10-22/h1-2,4-5,8-9,12H,3,6-7,11H2. The molecule has 1 aliphatic carbocycles. The second kappa shape index (κ2) is 5.72. The van der Waals surface area contributed by atoms with Gasteiger partial charge in [0.15, 0.2) is 11.6 Å². The first-order chi connectivity index (χ1) is 11.7. The SMILES string of the molecule is N#Cc1ccccc1Cn1c(C2CCC2)nc2cc(F)c(F)cc21. The monoisotopic (exact) mass is 323 g/mol. The van der Waals surface area contributed by atoms with Crippen LogP contribution in [0.25, 0.3) is 11.0 Å². The van der Waals surface area contributed by atoms with Crippen molar-refractivity contribution in [2.75, 3.05) is 0 Å². The average Bonchev–Trinajstić information content (AvgIpc) is 2.84. The molecule has 3 nitrogen and oxygen atoms in total. The zero-order chi connectivity index (χ0) is 16.7. The Kier molecular flexibility index (Phi) is 3.53. The lowest BCUT2D eigenvalue weighted by atomic mass is 9.85. The highest BCUT2D eigenvalue weighted by Crippen LogP contribution is 2.38. The van der Waals surface area contributed by atoms with E-state index in [4.69, 9.17) is 0 Å². The first kappa shape index (κ1) is 14.8. The molecule has 0 atom stereocenters. The van der Waals surface area contributed by atoms with Gasteiger partial charge in [-0.3, -0.25) is 0 Å². The van der Waals surface area contributed by atoms with Crippen LogP contribution in [-0.2, 0) is 6.54 Å². The number of halogens is 2. The Hall–Kier alpha value is -2.74. The molecule has 0 radical (unpaired) electrons. The van der Waals surface area contributed by atoms with Gasteiger partial charge in [-0.2, -0.15) is 5.26 Å². The minimum absolute atomic E-state index is 0.317. The van der Waals surface area contributed by atoms with Gasteiger partial charge in [0, 0.05) is 18.1 Å². The first-order valence-corrected chi connectivity index (χ1v) is 8.00. The van der Waals surface area contributed by atoms with Gasteiger partial charge in [0.1, 0.15) is 5.82 Å². The molecule has 0 unspecified atom stereocenters. The summed E-state index contributed by atoms with van der Waals surface area (Å²) in [4.78, 5) is 4.56. The second-order valence-corrected chi connectivity index (χ2v) is 6.21. The van der Waals surface area contributed by atoms with Crippen LogP contribution in [0.3, 0.4) is 0 Å². The third-order valence-electron chi connectivity index (χ3n) is 4.76. The lowest BCUT2D eigenvalue weighted by molar-refractivity contribution is 0.391. The zero-order valence-electron chi connectivity index (χ0n) is 13.0. The molecule has 0 saturated heterocycles. The van der Waals surface area contributed by atoms with Gasteiger partial charge in [-0.15, -0.1) is 0 Å². The molecule has 1 saturated carbocycles. The smallest absolute Gasteiger partial charge is 0.161 e. The highest BCUT2D eigenvalue weighted by atomic mass is 19.2. The van der Waals surface area contributed by atoms with E-state index in [1.165, 1.54) is 6.07 Å². The summed E-state index contributed by atoms with van der Waals surface area (Å²) in [6.07, 6.45) is 3.22. The Labute approximate surface area is 138 Å². The molecule has 5 heteroatoms. The maximum Gasteiger partial charge on any atom is 0.161 e. The molecule has 4 rings (SSSR count). The molecule has 0 aliphatic heterocycles. The maximum absolute atomic E-state index is 13.8. The van der Waals surface area contributed by atoms with E-state index >= 15 is 0 Å². The molecular formula is C19H15F2N3. The Morgan fingerprint density at radius 2 is 1.92 bits per heavy atom. The van der Waals surface area contributed by atoms with E-state index in [0.29, 0.717) is 29.1 Å². The van der Waals surface area contributed by atoms with Crippen LogP contribution in [0.5, 0.6) is 0 Å². The number of imidazole rings is 1. The zero-order valence-corrected chi connectivity index (χ0v) is 13.0. The molecule has 0 bridgehead atoms. The summed E-state index contributed by atoms with van der Waals surface area (Å²) < 4.78 is 29.2. The van der Waals surface area contributed by atoms with E-state index in [-0.39, 0.29) is 0 Å². The number of hydrogen-bond acceptors (Lipinski definition) is 2. The maximum atomic E-state index is 13.8. The quantitative estimate of drug-likeness (QED) is 0.712. The lowest BCUT2D eigenvalue weighted by Gasteiger charge is -2.25. The van der Waals surface area contributed by atoms with E-state index in [2.05, 4.69) is 11.1 Å². The van der Waals surface area contributed by atoms with Crippen LogP contribution in [0, 0.1) is 23.0 Å². The van der Waals surface area contributed by atoms with Crippen LogP contribution in [0.15, 0.2) is 36.4 Å². The fourth-order valence-corrected chi connectivity index (χ4v) is 3.22. The number of benzene rings is 2. The minimum atomic E-state index is -0.885. The normalized spacial score (nSPS) is 14.5. The molecule has 120 valence electrons. The summed E-state index contributed by atoms with van der Waals surface area (Å²) in [7, 11) is 0. The van der Waals surface area contributed by atoms with Gasteiger partial charge >= 0.3 is 0 Å². The Morgan fingerprint density at radius 3 is 2.62 bits per heavy atom. The summed E-state index contributed by atoms with van der Waals surface area (Å²) in [6.45, 7) is 0.428. The van der Waals surface area contributed by atoms with Crippen molar-refractivity contribution in [1.29, 1.82) is 5.26 Å². The van der Waals surface area contributed by atoms with Gasteiger partial charge < -0.3 is 4.57 Å². The number of rotatable bonds is 3. The van der Waals surface area contributed by atoms with Crippen LogP contribution < -0.4 is 0 Å². The topological polar surface area (TPSA) is 41.6 Å². The highest BCUT2D eigenvalue weighted by molar-refractivity contribution is 5.76. The number of nitrogens with zero attached hydrogens (tertiary/aromatic N) is 3. The molecule has 0 spiro atoms. The Balaban J connectivity index is 1.88. The predicted molar refractivity (Wildman–Crippen MR) is 86.5 cm³/mol. The van der Waals surface area contributed by atoms with Crippen LogP contribution >= 0.6 is 0 Å². The van der Waals surface area contributed by atoms with Crippen molar-refractivity contribution >= 4 is 11.0 Å². The molecule has 1 aromatic heterocycles. The summed E-state index contributed by atoms with van der Waals surface area (Å²) >= 11 is 0. The molecular weight excluding hydrogens is 308 g/mol. The van der Waals surface area contributed by atoms with E-state index < -0.39 is 11.6 Å². The largest absolute Gasteiger partial charge is 0.323 e. The fourth-order valence-electron chi connectivity index (χ4n) is 3.22. The predicted octanol–water partition coefficient (Wildman–Crippen LogP) is 4.50. The molecule has 24 heavy (non-hydrogen) atoms. The van der Waals surface area contributed by atoms with Crippen LogP contribution in [-0.4, -0.2) is 9.55 Å². The molecule has 2 aromatic carbocycles. The number of fused-ring (bicyclic) bond motifs is 1. The van der Waals surface area contributed by atoms with Gasteiger partial charge in [0.05, 0.1) is 29.2 Å². The molecule has 0 amide bonds. The molecule has 1 aliphatic rings. The number of nitriles is 1. The van der Waals surface area contributed by atoms with Gasteiger partial charge in [0.25, 0.3) is 0 Å². The van der Waals surface area contributed by atoms with Crippen molar-refractivity contribution in [3.05, 3.63) is 65.0 Å². The average molecular weight is 323 g/mol. The Bertz CT molecular complexity index is 965. The summed E-state index contributed by atoms with van der Waals surface area (Å²) in [5.41, 5.74) is 2.47. The molecule has 0 N–H and O–H groups in total. The molecule has 3 aromatic rings. The van der Waals surface area contributed by atoms with E-state index in [1.54, 1.807) is 6.07 Å². The van der Waals surface area contributed by atoms with Gasteiger partial charge in [-0.1, -0.05) is 24.6 Å². The van der Waals surface area contributed by atoms with Crippen LogP contribution in [0.4, 0.5) is 8.78 Å². The van der Waals surface area contributed by atoms with Gasteiger partial charge in [-0.25, -0.2) is 13.8 Å². The van der Waals surface area contributed by atoms with Gasteiger partial charge in [-0.05, 0) is 24.5 Å². The van der Waals surface area contributed by atoms with E-state index in [9.17, 15) is 14.0 Å². The fraction of sp³-hybridized carbons (Fsp3) is 0.263. The van der Waals surface area contributed by atoms with Crippen molar-refractivity contribution in [3.63, 3.8) is 0 Å². The van der Waals surface area contributed by atoms with Crippen LogP contribution in [0.2, 0.25) is 0 Å². The van der Waals surface area contributed by atoms with Crippen molar-refractivity contribution in [3.8, 4) is 6.07 Å². The van der Waals surface area contributed by atoms with Crippen molar-refractivity contribution in [2.24, 2.45) is 0 Å². The number of hydrogen-bond donors (Lipinski definition) is 0. The van der Waals surface area contributed by atoms with Gasteiger partial charge in [0.2, 0.25) is 0 Å². The molecule has 1 heterocycles. The summed E-state index contributed by atoms with van der Waals surface area (Å²) in [5.74, 6) is -0.589. The third kappa shape index (κ3) is 2.35. The third-order valence-corrected chi connectivity index (χ3v) is 4.76. The summed E-state index contributed by atoms with van der Waals surface area (Å²) in [6, 6.07) is 11.9. The Morgan fingerprint density at radius 1 is 1.17 bits per heavy atom. The number of aromatic nitrogens is 2. The summed E-state index contributed by atoms with van der Waals surface area (Å²) in [5, 5.41) is 9.29. The van der Waals surface area contributed by atoms with Crippen molar-refractivity contribution in [2.45, 2.75) is 31.7 Å². The first-order valence-electron chi connectivity index (χ1n) is 8.00. The second-order valence-electron chi connectivity index (χ2n) is 6.21. The highest BCUT2D eigenvalue weighted by Gasteiger charge is 2.26. The van der Waals surface area contributed by atoms with E-state index in [0.717, 1.165) is 36.7 Å². The van der Waals surface area contributed by atoms with E-state index in [1.807, 2.05) is 22.8 Å². The lowest BCUT2D eigenvalue weighted by Crippen LogP contribution is -2.16. The van der Waals surface area contributed by atoms with Crippen molar-refractivity contribution in [1.82, 2.24) is 9.55 Å². The molecule has 1 fully saturated rings. The minimum Gasteiger partial charge on any atom is -0.323 e. The van der Waals surface area contributed by atoms with Crippen LogP contribution in [0.1, 0.15) is 42.1 Å².